The van der Waals surface area contributed by atoms with Gasteiger partial charge in [0.2, 0.25) is 5.91 Å². The second-order valence-corrected chi connectivity index (χ2v) is 17.6. The molecule has 1 saturated heterocycles. The van der Waals surface area contributed by atoms with Crippen LogP contribution in [0.1, 0.15) is 206 Å². The number of aliphatic hydroxyl groups excluding tert-OH is 5. The van der Waals surface area contributed by atoms with Gasteiger partial charge in [0.15, 0.2) is 6.29 Å². The van der Waals surface area contributed by atoms with Crippen LogP contribution in [0.25, 0.3) is 0 Å². The number of aliphatic hydroxyl groups is 5. The summed E-state index contributed by atoms with van der Waals surface area (Å²) in [6.07, 6.45) is 52.9. The van der Waals surface area contributed by atoms with Crippen molar-refractivity contribution < 1.29 is 39.8 Å². The van der Waals surface area contributed by atoms with Crippen LogP contribution in [-0.4, -0.2) is 87.5 Å². The van der Waals surface area contributed by atoms with E-state index in [-0.39, 0.29) is 12.5 Å². The fourth-order valence-corrected chi connectivity index (χ4v) is 7.71. The van der Waals surface area contributed by atoms with Crippen molar-refractivity contribution in [2.75, 3.05) is 13.2 Å². The second-order valence-electron chi connectivity index (χ2n) is 17.6. The van der Waals surface area contributed by atoms with Gasteiger partial charge in [-0.25, -0.2) is 0 Å². The molecule has 63 heavy (non-hydrogen) atoms. The first kappa shape index (κ1) is 58.6. The minimum absolute atomic E-state index is 0.183. The molecule has 0 aliphatic carbocycles. The zero-order valence-electron chi connectivity index (χ0n) is 40.1. The van der Waals surface area contributed by atoms with Crippen molar-refractivity contribution >= 4 is 5.91 Å². The van der Waals surface area contributed by atoms with Crippen LogP contribution >= 0.6 is 0 Å². The first-order valence-electron chi connectivity index (χ1n) is 25.7. The highest BCUT2D eigenvalue weighted by molar-refractivity contribution is 5.76. The molecule has 1 aliphatic rings. The van der Waals surface area contributed by atoms with E-state index in [1.807, 2.05) is 6.08 Å². The van der Waals surface area contributed by atoms with Crippen molar-refractivity contribution in [1.82, 2.24) is 5.32 Å². The molecule has 0 spiro atoms. The number of carbonyl (C=O) groups is 1. The summed E-state index contributed by atoms with van der Waals surface area (Å²) in [7, 11) is 0. The number of unbranched alkanes of at least 4 members (excludes halogenated alkanes) is 22. The number of carbonyl (C=O) groups excluding carboxylic acids is 1. The van der Waals surface area contributed by atoms with Crippen LogP contribution < -0.4 is 5.32 Å². The topological polar surface area (TPSA) is 149 Å². The number of amides is 1. The van der Waals surface area contributed by atoms with E-state index in [4.69, 9.17) is 9.47 Å². The highest BCUT2D eigenvalue weighted by Gasteiger charge is 2.44. The highest BCUT2D eigenvalue weighted by atomic mass is 16.7. The molecule has 7 atom stereocenters. The zero-order valence-corrected chi connectivity index (χ0v) is 40.1. The summed E-state index contributed by atoms with van der Waals surface area (Å²) in [5.41, 5.74) is 0. The SMILES string of the molecule is CC/C=C\C/C=C\C/C=C\C/C=C\C/C=C\CCCCCCCCCCCCCCCCCCCC(=O)NC(COC1OC(CO)C(O)C(O)C1O)C(O)/C=C/CCCCCCC. The Labute approximate surface area is 385 Å². The zero-order chi connectivity index (χ0) is 45.9. The summed E-state index contributed by atoms with van der Waals surface area (Å²) in [5.74, 6) is -0.183. The fourth-order valence-electron chi connectivity index (χ4n) is 7.71. The van der Waals surface area contributed by atoms with E-state index in [0.717, 1.165) is 70.6 Å². The summed E-state index contributed by atoms with van der Waals surface area (Å²) >= 11 is 0. The number of ether oxygens (including phenoxy) is 2. The summed E-state index contributed by atoms with van der Waals surface area (Å²) in [6, 6.07) is -0.803. The molecule has 0 saturated carbocycles. The van der Waals surface area contributed by atoms with Gasteiger partial charge in [0.25, 0.3) is 0 Å². The smallest absolute Gasteiger partial charge is 0.220 e. The molecule has 0 aromatic rings. The second kappa shape index (κ2) is 43.5. The third-order valence-corrected chi connectivity index (χ3v) is 11.8. The lowest BCUT2D eigenvalue weighted by Gasteiger charge is -2.40. The van der Waals surface area contributed by atoms with Crippen molar-refractivity contribution in [2.45, 2.75) is 249 Å². The highest BCUT2D eigenvalue weighted by Crippen LogP contribution is 2.23. The van der Waals surface area contributed by atoms with E-state index in [2.05, 4.69) is 79.9 Å². The van der Waals surface area contributed by atoms with E-state index >= 15 is 0 Å². The van der Waals surface area contributed by atoms with Crippen molar-refractivity contribution in [2.24, 2.45) is 0 Å². The number of allylic oxidation sites excluding steroid dienone is 11. The van der Waals surface area contributed by atoms with Crippen molar-refractivity contribution in [3.8, 4) is 0 Å². The molecule has 0 bridgehead atoms. The third-order valence-electron chi connectivity index (χ3n) is 11.8. The molecule has 364 valence electrons. The van der Waals surface area contributed by atoms with Gasteiger partial charge >= 0.3 is 0 Å². The van der Waals surface area contributed by atoms with Crippen LogP contribution in [-0.2, 0) is 14.3 Å². The maximum atomic E-state index is 12.9. The van der Waals surface area contributed by atoms with Gasteiger partial charge in [-0.2, -0.15) is 0 Å². The molecule has 9 nitrogen and oxygen atoms in total. The Balaban J connectivity index is 2.07. The Morgan fingerprint density at radius 3 is 1.46 bits per heavy atom. The average Bonchev–Trinajstić information content (AvgIpc) is 3.28. The normalized spacial score (nSPS) is 20.8. The van der Waals surface area contributed by atoms with Gasteiger partial charge < -0.3 is 40.3 Å². The van der Waals surface area contributed by atoms with Gasteiger partial charge in [-0.05, 0) is 64.2 Å². The standard InChI is InChI=1S/C54H95NO8/c1-3-5-7-9-11-12-13-14-15-16-17-18-19-20-21-22-23-24-25-26-27-28-29-30-31-32-33-34-35-36-38-40-42-44-50(58)55-47(48(57)43-41-39-37-10-8-6-4-2)46-62-54-53(61)52(60)51(59)49(45-56)63-54/h5,7,11-12,14-15,17-18,20-21,41,43,47-49,51-54,56-57,59-61H,3-4,6,8-10,13,16,19,22-40,42,44-46H2,1-2H3,(H,55,58)/b7-5-,12-11-,15-14-,18-17-,21-20-,43-41+. The lowest BCUT2D eigenvalue weighted by atomic mass is 9.99. The summed E-state index contributed by atoms with van der Waals surface area (Å²) in [4.78, 5) is 12.9. The number of nitrogens with one attached hydrogen (secondary N) is 1. The van der Waals surface area contributed by atoms with Crippen LogP contribution in [0.5, 0.6) is 0 Å². The molecule has 1 aliphatic heterocycles. The van der Waals surface area contributed by atoms with Gasteiger partial charge in [-0.3, -0.25) is 4.79 Å². The lowest BCUT2D eigenvalue weighted by molar-refractivity contribution is -0.302. The molecule has 0 aromatic carbocycles. The molecule has 6 N–H and O–H groups in total. The van der Waals surface area contributed by atoms with Crippen LogP contribution in [0.2, 0.25) is 0 Å². The minimum atomic E-state index is -1.57. The summed E-state index contributed by atoms with van der Waals surface area (Å²) < 4.78 is 11.2. The molecular formula is C54H95NO8. The molecule has 1 fully saturated rings. The molecular weight excluding hydrogens is 791 g/mol. The Bertz CT molecular complexity index is 1210. The Morgan fingerprint density at radius 2 is 0.984 bits per heavy atom. The molecule has 1 amide bonds. The van der Waals surface area contributed by atoms with E-state index in [1.54, 1.807) is 6.08 Å². The van der Waals surface area contributed by atoms with Gasteiger partial charge in [0.1, 0.15) is 24.4 Å². The van der Waals surface area contributed by atoms with Gasteiger partial charge in [-0.1, -0.05) is 209 Å². The number of rotatable bonds is 42. The molecule has 1 heterocycles. The molecule has 1 rings (SSSR count). The van der Waals surface area contributed by atoms with Crippen LogP contribution in [0.3, 0.4) is 0 Å². The average molecular weight is 886 g/mol. The Hall–Kier alpha value is -2.37. The molecule has 0 aromatic heterocycles. The van der Waals surface area contributed by atoms with Crippen LogP contribution in [0, 0.1) is 0 Å². The fraction of sp³-hybridized carbons (Fsp3) is 0.759. The van der Waals surface area contributed by atoms with Gasteiger partial charge in [0.05, 0.1) is 25.4 Å². The maximum absolute atomic E-state index is 12.9. The van der Waals surface area contributed by atoms with Gasteiger partial charge in [0, 0.05) is 6.42 Å². The Kier molecular flexibility index (Phi) is 40.5. The summed E-state index contributed by atoms with van der Waals surface area (Å²) in [5, 5.41) is 54.0. The van der Waals surface area contributed by atoms with E-state index in [9.17, 15) is 30.3 Å². The monoisotopic (exact) mass is 886 g/mol. The van der Waals surface area contributed by atoms with Crippen molar-refractivity contribution in [3.63, 3.8) is 0 Å². The van der Waals surface area contributed by atoms with E-state index < -0.39 is 49.5 Å². The maximum Gasteiger partial charge on any atom is 0.220 e. The lowest BCUT2D eigenvalue weighted by Crippen LogP contribution is -2.60. The van der Waals surface area contributed by atoms with E-state index in [0.29, 0.717) is 6.42 Å². The van der Waals surface area contributed by atoms with Crippen LogP contribution in [0.4, 0.5) is 0 Å². The summed E-state index contributed by atoms with van der Waals surface area (Å²) in [6.45, 7) is 3.59. The first-order valence-corrected chi connectivity index (χ1v) is 25.7. The third kappa shape index (κ3) is 33.7. The first-order chi connectivity index (χ1) is 30.8. The number of hydrogen-bond donors (Lipinski definition) is 6. The van der Waals surface area contributed by atoms with Gasteiger partial charge in [-0.15, -0.1) is 0 Å². The largest absolute Gasteiger partial charge is 0.394 e. The predicted octanol–water partition coefficient (Wildman–Crippen LogP) is 11.7. The Morgan fingerprint density at radius 1 is 0.556 bits per heavy atom. The molecule has 7 unspecified atom stereocenters. The molecule has 9 heteroatoms. The van der Waals surface area contributed by atoms with E-state index in [1.165, 1.54) is 116 Å². The quantitative estimate of drug-likeness (QED) is 0.0262. The van der Waals surface area contributed by atoms with Crippen molar-refractivity contribution in [1.29, 1.82) is 0 Å². The van der Waals surface area contributed by atoms with Crippen LogP contribution in [0.15, 0.2) is 72.9 Å². The van der Waals surface area contributed by atoms with Crippen molar-refractivity contribution in [3.05, 3.63) is 72.9 Å². The minimum Gasteiger partial charge on any atom is -0.394 e. The number of hydrogen-bond acceptors (Lipinski definition) is 8. The predicted molar refractivity (Wildman–Crippen MR) is 262 cm³/mol. The molecule has 0 radical (unpaired) electrons.